The number of guanidine groups is 1. The van der Waals surface area contributed by atoms with Crippen LogP contribution in [-0.4, -0.2) is 43.2 Å². The van der Waals surface area contributed by atoms with Crippen molar-refractivity contribution in [2.45, 2.75) is 59.1 Å². The number of methoxy groups -OCH3 is 1. The fourth-order valence-corrected chi connectivity index (χ4v) is 3.20. The average Bonchev–Trinajstić information content (AvgIpc) is 2.37. The minimum absolute atomic E-state index is 0. The predicted molar refractivity (Wildman–Crippen MR) is 92.2 cm³/mol. The molecule has 2 unspecified atom stereocenters. The first kappa shape index (κ1) is 19.0. The molecule has 0 bridgehead atoms. The van der Waals surface area contributed by atoms with Crippen molar-refractivity contribution in [1.82, 2.24) is 4.90 Å². The molecule has 1 saturated carbocycles. The molecule has 0 spiro atoms. The molecule has 2 N–H and O–H groups in total. The van der Waals surface area contributed by atoms with Crippen molar-refractivity contribution in [3.05, 3.63) is 0 Å². The first-order valence-corrected chi connectivity index (χ1v) is 7.20. The molecule has 2 atom stereocenters. The van der Waals surface area contributed by atoms with Crippen LogP contribution >= 0.6 is 24.0 Å². The van der Waals surface area contributed by atoms with Crippen molar-refractivity contribution < 1.29 is 4.74 Å². The first-order valence-electron chi connectivity index (χ1n) is 7.20. The van der Waals surface area contributed by atoms with Crippen LogP contribution in [-0.2, 0) is 4.74 Å². The van der Waals surface area contributed by atoms with Gasteiger partial charge in [-0.25, -0.2) is 4.99 Å². The normalized spacial score (nSPS) is 25.4. The van der Waals surface area contributed by atoms with Gasteiger partial charge in [0, 0.05) is 25.6 Å². The van der Waals surface area contributed by atoms with Crippen LogP contribution in [0.15, 0.2) is 4.99 Å². The van der Waals surface area contributed by atoms with E-state index in [0.29, 0.717) is 18.1 Å². The number of rotatable bonds is 6. The zero-order valence-electron chi connectivity index (χ0n) is 13.0. The van der Waals surface area contributed by atoms with E-state index in [1.165, 1.54) is 0 Å². The second-order valence-electron chi connectivity index (χ2n) is 5.08. The van der Waals surface area contributed by atoms with Crippen LogP contribution in [0.3, 0.4) is 0 Å². The van der Waals surface area contributed by atoms with Crippen LogP contribution in [0, 0.1) is 5.41 Å². The molecular weight excluding hydrogens is 353 g/mol. The van der Waals surface area contributed by atoms with Crippen LogP contribution in [0.4, 0.5) is 0 Å². The van der Waals surface area contributed by atoms with Crippen molar-refractivity contribution in [2.24, 2.45) is 16.1 Å². The van der Waals surface area contributed by atoms with E-state index in [2.05, 4.69) is 32.6 Å². The zero-order valence-corrected chi connectivity index (χ0v) is 15.3. The summed E-state index contributed by atoms with van der Waals surface area (Å²) in [4.78, 5) is 6.87. The highest BCUT2D eigenvalue weighted by atomic mass is 127. The highest BCUT2D eigenvalue weighted by Gasteiger charge is 2.53. The monoisotopic (exact) mass is 383 g/mol. The van der Waals surface area contributed by atoms with Crippen LogP contribution in [0.2, 0.25) is 0 Å². The Balaban J connectivity index is 0.00000324. The van der Waals surface area contributed by atoms with Gasteiger partial charge in [0.1, 0.15) is 0 Å². The highest BCUT2D eigenvalue weighted by molar-refractivity contribution is 14.0. The molecule has 0 amide bonds. The number of ether oxygens (including phenoxy) is 1. The average molecular weight is 383 g/mol. The maximum atomic E-state index is 6.10. The van der Waals surface area contributed by atoms with Crippen molar-refractivity contribution in [3.8, 4) is 0 Å². The van der Waals surface area contributed by atoms with Crippen LogP contribution < -0.4 is 5.73 Å². The van der Waals surface area contributed by atoms with Gasteiger partial charge in [-0.1, -0.05) is 13.8 Å². The summed E-state index contributed by atoms with van der Waals surface area (Å²) in [6.07, 6.45) is 3.54. The summed E-state index contributed by atoms with van der Waals surface area (Å²) in [5, 5.41) is 0. The molecule has 1 aliphatic carbocycles. The molecule has 5 heteroatoms. The molecule has 1 rings (SSSR count). The van der Waals surface area contributed by atoms with Crippen molar-refractivity contribution in [1.29, 1.82) is 0 Å². The number of hydrogen-bond donors (Lipinski definition) is 1. The summed E-state index contributed by atoms with van der Waals surface area (Å²) in [7, 11) is 1.80. The maximum Gasteiger partial charge on any atom is 0.191 e. The van der Waals surface area contributed by atoms with Gasteiger partial charge < -0.3 is 15.4 Å². The van der Waals surface area contributed by atoms with E-state index in [1.807, 2.05) is 0 Å². The molecule has 0 radical (unpaired) electrons. The summed E-state index contributed by atoms with van der Waals surface area (Å²) in [5.74, 6) is 0.686. The Bertz CT molecular complexity index is 288. The lowest BCUT2D eigenvalue weighted by molar-refractivity contribution is -0.112. The summed E-state index contributed by atoms with van der Waals surface area (Å²) >= 11 is 0. The third-order valence-electron chi connectivity index (χ3n) is 4.72. The van der Waals surface area contributed by atoms with Gasteiger partial charge in [-0.15, -0.1) is 24.0 Å². The lowest BCUT2D eigenvalue weighted by atomic mass is 9.59. The molecule has 19 heavy (non-hydrogen) atoms. The van der Waals surface area contributed by atoms with Crippen molar-refractivity contribution in [3.63, 3.8) is 0 Å². The number of hydrogen-bond acceptors (Lipinski definition) is 2. The standard InChI is InChI=1S/C14H29N3O.HI/c1-6-14(7-2)11(10-12(14)18-5)16-13(15)17(8-3)9-4;/h11-12H,6-10H2,1-5H3,(H2,15,16);1H. The van der Waals surface area contributed by atoms with Gasteiger partial charge >= 0.3 is 0 Å². The third-order valence-corrected chi connectivity index (χ3v) is 4.72. The molecule has 0 saturated heterocycles. The molecular formula is C14H30IN3O. The van der Waals surface area contributed by atoms with E-state index in [4.69, 9.17) is 15.5 Å². The van der Waals surface area contributed by atoms with Crippen LogP contribution in [0.1, 0.15) is 47.0 Å². The fourth-order valence-electron chi connectivity index (χ4n) is 3.20. The topological polar surface area (TPSA) is 50.8 Å². The zero-order chi connectivity index (χ0) is 13.8. The SMILES string of the molecule is CCN(CC)C(N)=NC1CC(OC)C1(CC)CC.I. The van der Waals surface area contributed by atoms with Crippen molar-refractivity contribution in [2.75, 3.05) is 20.2 Å². The Morgan fingerprint density at radius 2 is 1.79 bits per heavy atom. The second-order valence-corrected chi connectivity index (χ2v) is 5.08. The lowest BCUT2D eigenvalue weighted by Crippen LogP contribution is -2.57. The molecule has 0 aliphatic heterocycles. The molecule has 0 aromatic rings. The molecule has 1 aliphatic rings. The van der Waals surface area contributed by atoms with E-state index in [9.17, 15) is 0 Å². The molecule has 114 valence electrons. The van der Waals surface area contributed by atoms with Crippen LogP contribution in [0.5, 0.6) is 0 Å². The first-order chi connectivity index (χ1) is 8.59. The van der Waals surface area contributed by atoms with Gasteiger partial charge in [0.15, 0.2) is 5.96 Å². The number of nitrogens with two attached hydrogens (primary N) is 1. The molecule has 0 aromatic carbocycles. The van der Waals surface area contributed by atoms with E-state index in [0.717, 1.165) is 32.4 Å². The van der Waals surface area contributed by atoms with Gasteiger partial charge in [-0.05, 0) is 33.1 Å². The Hall–Kier alpha value is -0.0400. The van der Waals surface area contributed by atoms with Gasteiger partial charge in [0.25, 0.3) is 0 Å². The molecule has 0 aromatic heterocycles. The minimum atomic E-state index is 0. The molecule has 4 nitrogen and oxygen atoms in total. The summed E-state index contributed by atoms with van der Waals surface area (Å²) in [5.41, 5.74) is 6.29. The Morgan fingerprint density at radius 3 is 2.16 bits per heavy atom. The number of halogens is 1. The summed E-state index contributed by atoms with van der Waals surface area (Å²) in [6.45, 7) is 10.5. The third kappa shape index (κ3) is 3.54. The van der Waals surface area contributed by atoms with Crippen molar-refractivity contribution >= 4 is 29.9 Å². The highest BCUT2D eigenvalue weighted by Crippen LogP contribution is 2.50. The summed E-state index contributed by atoms with van der Waals surface area (Å²) in [6, 6.07) is 0.318. The molecule has 0 heterocycles. The van der Waals surface area contributed by atoms with E-state index >= 15 is 0 Å². The smallest absolute Gasteiger partial charge is 0.191 e. The van der Waals surface area contributed by atoms with E-state index < -0.39 is 0 Å². The largest absolute Gasteiger partial charge is 0.381 e. The van der Waals surface area contributed by atoms with Gasteiger partial charge in [0.05, 0.1) is 12.1 Å². The van der Waals surface area contributed by atoms with E-state index in [1.54, 1.807) is 7.11 Å². The lowest BCUT2D eigenvalue weighted by Gasteiger charge is -2.53. The number of aliphatic imine (C=N–C) groups is 1. The van der Waals surface area contributed by atoms with Gasteiger partial charge in [-0.2, -0.15) is 0 Å². The Kier molecular flexibility index (Phi) is 8.27. The second kappa shape index (κ2) is 8.29. The fraction of sp³-hybridized carbons (Fsp3) is 0.929. The van der Waals surface area contributed by atoms with Gasteiger partial charge in [-0.3, -0.25) is 0 Å². The quantitative estimate of drug-likeness (QED) is 0.436. The summed E-state index contributed by atoms with van der Waals surface area (Å²) < 4.78 is 5.59. The van der Waals surface area contributed by atoms with E-state index in [-0.39, 0.29) is 29.4 Å². The number of nitrogens with zero attached hydrogens (tertiary/aromatic N) is 2. The van der Waals surface area contributed by atoms with Crippen LogP contribution in [0.25, 0.3) is 0 Å². The minimum Gasteiger partial charge on any atom is -0.381 e. The molecule has 1 fully saturated rings. The Labute approximate surface area is 135 Å². The van der Waals surface area contributed by atoms with Gasteiger partial charge in [0.2, 0.25) is 0 Å². The maximum absolute atomic E-state index is 6.10. The Morgan fingerprint density at radius 1 is 1.26 bits per heavy atom. The predicted octanol–water partition coefficient (Wildman–Crippen LogP) is 2.85.